The molecule has 0 bridgehead atoms. The van der Waals surface area contributed by atoms with E-state index in [1.807, 2.05) is 19.0 Å². The van der Waals surface area contributed by atoms with Gasteiger partial charge in [0, 0.05) is 27.2 Å². The first-order valence-electron chi connectivity index (χ1n) is 2.68. The molecule has 1 saturated heterocycles. The lowest BCUT2D eigenvalue weighted by atomic mass is 10.8. The van der Waals surface area contributed by atoms with E-state index in [-0.39, 0.29) is 0 Å². The second-order valence-electron chi connectivity index (χ2n) is 2.16. The van der Waals surface area contributed by atoms with E-state index in [0.717, 1.165) is 18.2 Å². The van der Waals surface area contributed by atoms with Crippen LogP contribution >= 0.6 is 12.2 Å². The van der Waals surface area contributed by atoms with Crippen LogP contribution in [0.2, 0.25) is 0 Å². The maximum atomic E-state index is 5.02. The van der Waals surface area contributed by atoms with E-state index in [1.165, 1.54) is 0 Å². The molecule has 8 heavy (non-hydrogen) atoms. The summed E-state index contributed by atoms with van der Waals surface area (Å²) < 4.78 is 0. The minimum absolute atomic E-state index is 0.963. The molecular formula is C5H10N2S. The molecule has 1 aliphatic heterocycles. The highest BCUT2D eigenvalue weighted by molar-refractivity contribution is 7.80. The van der Waals surface area contributed by atoms with Crippen molar-refractivity contribution in [2.45, 2.75) is 0 Å². The fourth-order valence-corrected chi connectivity index (χ4v) is 0.707. The zero-order chi connectivity index (χ0) is 6.15. The summed E-state index contributed by atoms with van der Waals surface area (Å²) in [6, 6.07) is 0. The molecule has 0 N–H and O–H groups in total. The molecule has 0 aromatic carbocycles. The van der Waals surface area contributed by atoms with Crippen molar-refractivity contribution in [2.75, 3.05) is 27.2 Å². The monoisotopic (exact) mass is 130 g/mol. The summed E-state index contributed by atoms with van der Waals surface area (Å²) in [5, 5.41) is 0.963. The number of nitrogens with zero attached hydrogens (tertiary/aromatic N) is 2. The van der Waals surface area contributed by atoms with Crippen LogP contribution in [0.1, 0.15) is 0 Å². The number of thiocarbonyl (C=S) groups is 1. The Hall–Kier alpha value is -0.310. The van der Waals surface area contributed by atoms with Crippen LogP contribution < -0.4 is 0 Å². The van der Waals surface area contributed by atoms with Gasteiger partial charge in [-0.3, -0.25) is 0 Å². The normalized spacial score (nSPS) is 16.0. The first-order valence-corrected chi connectivity index (χ1v) is 3.09. The third-order valence-corrected chi connectivity index (χ3v) is 1.72. The van der Waals surface area contributed by atoms with E-state index in [2.05, 4.69) is 4.90 Å². The molecule has 0 saturated carbocycles. The van der Waals surface area contributed by atoms with Crippen LogP contribution in [-0.2, 0) is 0 Å². The second-order valence-corrected chi connectivity index (χ2v) is 2.53. The smallest absolute Gasteiger partial charge is 0.171 e. The fraction of sp³-hybridized carbons (Fsp3) is 0.800. The van der Waals surface area contributed by atoms with Crippen molar-refractivity contribution in [1.29, 1.82) is 0 Å². The van der Waals surface area contributed by atoms with Crippen LogP contribution in [0.4, 0.5) is 0 Å². The minimum atomic E-state index is 0.963. The van der Waals surface area contributed by atoms with Gasteiger partial charge in [-0.05, 0) is 12.2 Å². The zero-order valence-corrected chi connectivity index (χ0v) is 6.03. The molecule has 0 amide bonds. The van der Waals surface area contributed by atoms with Crippen molar-refractivity contribution >= 4 is 17.3 Å². The maximum absolute atomic E-state index is 5.02. The van der Waals surface area contributed by atoms with Gasteiger partial charge >= 0.3 is 0 Å². The Morgan fingerprint density at radius 3 is 2.12 bits per heavy atom. The molecule has 2 nitrogen and oxygen atoms in total. The van der Waals surface area contributed by atoms with E-state index < -0.39 is 0 Å². The molecule has 3 heteroatoms. The first kappa shape index (κ1) is 5.82. The van der Waals surface area contributed by atoms with Crippen molar-refractivity contribution in [3.8, 4) is 0 Å². The summed E-state index contributed by atoms with van der Waals surface area (Å²) in [4.78, 5) is 4.11. The lowest BCUT2D eigenvalue weighted by Gasteiger charge is -2.13. The number of hydrogen-bond donors (Lipinski definition) is 0. The van der Waals surface area contributed by atoms with Crippen LogP contribution in [0.5, 0.6) is 0 Å². The molecule has 0 atom stereocenters. The van der Waals surface area contributed by atoms with Gasteiger partial charge in [0.1, 0.15) is 0 Å². The van der Waals surface area contributed by atoms with Gasteiger partial charge in [0.15, 0.2) is 5.11 Å². The summed E-state index contributed by atoms with van der Waals surface area (Å²) in [6.07, 6.45) is 0. The van der Waals surface area contributed by atoms with Gasteiger partial charge in [0.05, 0.1) is 0 Å². The molecule has 1 rings (SSSR count). The van der Waals surface area contributed by atoms with Crippen LogP contribution in [0.15, 0.2) is 0 Å². The lowest BCUT2D eigenvalue weighted by Crippen LogP contribution is -2.26. The zero-order valence-electron chi connectivity index (χ0n) is 5.22. The molecular weight excluding hydrogens is 120 g/mol. The van der Waals surface area contributed by atoms with E-state index in [0.29, 0.717) is 0 Å². The van der Waals surface area contributed by atoms with E-state index >= 15 is 0 Å². The van der Waals surface area contributed by atoms with Crippen LogP contribution in [0, 0.1) is 0 Å². The summed E-state index contributed by atoms with van der Waals surface area (Å²) in [5.41, 5.74) is 0. The summed E-state index contributed by atoms with van der Waals surface area (Å²) >= 11 is 5.02. The van der Waals surface area contributed by atoms with Crippen LogP contribution in [0.25, 0.3) is 0 Å². The fourth-order valence-electron chi connectivity index (χ4n) is 0.524. The van der Waals surface area contributed by atoms with E-state index in [9.17, 15) is 0 Å². The van der Waals surface area contributed by atoms with Crippen molar-refractivity contribution in [2.24, 2.45) is 0 Å². The predicted molar refractivity (Wildman–Crippen MR) is 37.9 cm³/mol. The van der Waals surface area contributed by atoms with Gasteiger partial charge in [-0.15, -0.1) is 0 Å². The molecule has 0 aliphatic carbocycles. The molecule has 1 fully saturated rings. The van der Waals surface area contributed by atoms with Crippen LogP contribution in [-0.4, -0.2) is 42.1 Å². The highest BCUT2D eigenvalue weighted by atomic mass is 32.1. The van der Waals surface area contributed by atoms with Gasteiger partial charge in [-0.25, -0.2) is 0 Å². The Labute approximate surface area is 55.1 Å². The molecule has 1 aliphatic rings. The van der Waals surface area contributed by atoms with Gasteiger partial charge in [-0.2, -0.15) is 0 Å². The maximum Gasteiger partial charge on any atom is 0.171 e. The predicted octanol–water partition coefficient (Wildman–Crippen LogP) is 0.149. The molecule has 46 valence electrons. The Morgan fingerprint density at radius 1 is 1.50 bits per heavy atom. The average Bonchev–Trinajstić information content (AvgIpc) is 2.43. The topological polar surface area (TPSA) is 6.25 Å². The van der Waals surface area contributed by atoms with Crippen molar-refractivity contribution in [1.82, 2.24) is 9.80 Å². The van der Waals surface area contributed by atoms with Crippen molar-refractivity contribution in [3.05, 3.63) is 0 Å². The Morgan fingerprint density at radius 2 is 2.00 bits per heavy atom. The lowest BCUT2D eigenvalue weighted by molar-refractivity contribution is 0.569. The highest BCUT2D eigenvalue weighted by Gasteiger charge is 2.21. The molecule has 0 spiro atoms. The van der Waals surface area contributed by atoms with Gasteiger partial charge < -0.3 is 9.80 Å². The van der Waals surface area contributed by atoms with Gasteiger partial charge in [0.25, 0.3) is 0 Å². The quantitative estimate of drug-likeness (QED) is 0.340. The molecule has 0 aromatic rings. The molecule has 0 radical (unpaired) electrons. The van der Waals surface area contributed by atoms with Crippen LogP contribution in [0.3, 0.4) is 0 Å². The van der Waals surface area contributed by atoms with Crippen molar-refractivity contribution < 1.29 is 0 Å². The average molecular weight is 130 g/mol. The number of hydrogen-bond acceptors (Lipinski definition) is 1. The minimum Gasteiger partial charge on any atom is -0.355 e. The molecule has 1 heterocycles. The highest BCUT2D eigenvalue weighted by Crippen LogP contribution is 2.05. The largest absolute Gasteiger partial charge is 0.355 e. The Bertz CT molecular complexity index is 103. The third kappa shape index (κ3) is 1.10. The van der Waals surface area contributed by atoms with Gasteiger partial charge in [0.2, 0.25) is 0 Å². The summed E-state index contributed by atoms with van der Waals surface area (Å²) in [6.45, 7) is 2.30. The molecule has 0 unspecified atom stereocenters. The third-order valence-electron chi connectivity index (χ3n) is 1.10. The van der Waals surface area contributed by atoms with E-state index in [1.54, 1.807) is 0 Å². The van der Waals surface area contributed by atoms with E-state index in [4.69, 9.17) is 12.2 Å². The first-order chi connectivity index (χ1) is 3.72. The Kier molecular flexibility index (Phi) is 1.38. The number of rotatable bonds is 0. The second kappa shape index (κ2) is 1.90. The molecule has 0 aromatic heterocycles. The Balaban J connectivity index is 2.33. The SMILES string of the molecule is CN(C)C(=S)N1CC1. The standard InChI is InChI=1S/C5H10N2S/c1-6(2)5(8)7-3-4-7/h3-4H2,1-2H3. The summed E-state index contributed by atoms with van der Waals surface area (Å²) in [5.74, 6) is 0. The summed E-state index contributed by atoms with van der Waals surface area (Å²) in [7, 11) is 3.95. The van der Waals surface area contributed by atoms with Crippen molar-refractivity contribution in [3.63, 3.8) is 0 Å². The van der Waals surface area contributed by atoms with Gasteiger partial charge in [-0.1, -0.05) is 0 Å².